The summed E-state index contributed by atoms with van der Waals surface area (Å²) >= 11 is 3.32. The van der Waals surface area contributed by atoms with E-state index in [-0.39, 0.29) is 11.6 Å². The van der Waals surface area contributed by atoms with Crippen molar-refractivity contribution in [1.29, 1.82) is 0 Å². The zero-order chi connectivity index (χ0) is 21.7. The first-order valence-electron chi connectivity index (χ1n) is 11.0. The average Bonchev–Trinajstić information content (AvgIpc) is 3.32. The number of hydrogen-bond donors (Lipinski definition) is 0. The lowest BCUT2D eigenvalue weighted by Gasteiger charge is -2.18. The van der Waals surface area contributed by atoms with Crippen LogP contribution in [0.3, 0.4) is 0 Å². The standard InChI is InChI=1S/C23H27N5OS2/c1-5-14(3)28-21(29)19-17-8-6-7-9-18(17)31-20(19)26-23(28)30-12-16-11-27-15(4)10-13(2)24-22(27)25-16/h10-11,14H,5-9,12H2,1-4H3/t14-/m0/s1. The van der Waals surface area contributed by atoms with Crippen molar-refractivity contribution < 1.29 is 0 Å². The first-order chi connectivity index (χ1) is 15.0. The van der Waals surface area contributed by atoms with E-state index < -0.39 is 0 Å². The Morgan fingerprint density at radius 3 is 2.81 bits per heavy atom. The quantitative estimate of drug-likeness (QED) is 0.305. The van der Waals surface area contributed by atoms with E-state index in [2.05, 4.69) is 31.8 Å². The van der Waals surface area contributed by atoms with Crippen LogP contribution in [-0.2, 0) is 18.6 Å². The molecule has 0 unspecified atom stereocenters. The Hall–Kier alpha value is -2.19. The van der Waals surface area contributed by atoms with Gasteiger partial charge < -0.3 is 0 Å². The molecule has 162 valence electrons. The van der Waals surface area contributed by atoms with Crippen molar-refractivity contribution in [1.82, 2.24) is 23.9 Å². The molecule has 0 N–H and O–H groups in total. The maximum absolute atomic E-state index is 13.6. The maximum atomic E-state index is 13.6. The van der Waals surface area contributed by atoms with Crippen LogP contribution in [-0.4, -0.2) is 23.9 Å². The summed E-state index contributed by atoms with van der Waals surface area (Å²) in [6.07, 6.45) is 7.39. The molecule has 0 spiro atoms. The molecule has 0 amide bonds. The van der Waals surface area contributed by atoms with E-state index in [1.807, 2.05) is 22.1 Å². The van der Waals surface area contributed by atoms with E-state index in [9.17, 15) is 4.79 Å². The van der Waals surface area contributed by atoms with Crippen LogP contribution < -0.4 is 5.56 Å². The van der Waals surface area contributed by atoms with Crippen LogP contribution in [0.5, 0.6) is 0 Å². The summed E-state index contributed by atoms with van der Waals surface area (Å²) in [6.45, 7) is 8.28. The molecule has 0 fully saturated rings. The Labute approximate surface area is 189 Å². The van der Waals surface area contributed by atoms with Gasteiger partial charge in [-0.1, -0.05) is 18.7 Å². The Kier molecular flexibility index (Phi) is 5.38. The van der Waals surface area contributed by atoms with Crippen LogP contribution in [0.15, 0.2) is 22.2 Å². The maximum Gasteiger partial charge on any atom is 0.263 e. The third-order valence-corrected chi connectivity index (χ3v) is 8.35. The fraction of sp³-hybridized carbons (Fsp3) is 0.478. The third kappa shape index (κ3) is 3.59. The molecule has 0 bridgehead atoms. The van der Waals surface area contributed by atoms with Gasteiger partial charge in [0.15, 0.2) is 5.16 Å². The Bertz CT molecular complexity index is 1350. The van der Waals surface area contributed by atoms with Gasteiger partial charge in [0.2, 0.25) is 5.78 Å². The summed E-state index contributed by atoms with van der Waals surface area (Å²) in [4.78, 5) is 30.1. The van der Waals surface area contributed by atoms with E-state index in [1.54, 1.807) is 23.1 Å². The summed E-state index contributed by atoms with van der Waals surface area (Å²) in [7, 11) is 0. The number of aromatic nitrogens is 5. The topological polar surface area (TPSA) is 65.1 Å². The average molecular weight is 454 g/mol. The number of aryl methyl sites for hydroxylation is 4. The summed E-state index contributed by atoms with van der Waals surface area (Å²) in [5.74, 6) is 1.38. The highest BCUT2D eigenvalue weighted by molar-refractivity contribution is 7.98. The zero-order valence-electron chi connectivity index (χ0n) is 18.4. The molecule has 1 aliphatic carbocycles. The summed E-state index contributed by atoms with van der Waals surface area (Å²) < 4.78 is 3.94. The van der Waals surface area contributed by atoms with Gasteiger partial charge in [0, 0.05) is 34.3 Å². The van der Waals surface area contributed by atoms with Gasteiger partial charge in [-0.25, -0.2) is 15.0 Å². The number of nitrogens with zero attached hydrogens (tertiary/aromatic N) is 5. The fourth-order valence-electron chi connectivity index (χ4n) is 4.40. The summed E-state index contributed by atoms with van der Waals surface area (Å²) in [6, 6.07) is 2.17. The zero-order valence-corrected chi connectivity index (χ0v) is 20.1. The number of thioether (sulfide) groups is 1. The van der Waals surface area contributed by atoms with Gasteiger partial charge in [-0.3, -0.25) is 13.8 Å². The van der Waals surface area contributed by atoms with Gasteiger partial charge in [-0.2, -0.15) is 0 Å². The van der Waals surface area contributed by atoms with Crippen molar-refractivity contribution in [3.8, 4) is 0 Å². The minimum Gasteiger partial charge on any atom is -0.288 e. The monoisotopic (exact) mass is 453 g/mol. The number of rotatable bonds is 5. The van der Waals surface area contributed by atoms with Crippen LogP contribution in [0.25, 0.3) is 16.0 Å². The number of fused-ring (bicyclic) bond motifs is 4. The molecule has 0 saturated heterocycles. The molecule has 4 aromatic rings. The van der Waals surface area contributed by atoms with Gasteiger partial charge in [0.25, 0.3) is 5.56 Å². The molecule has 4 aromatic heterocycles. The van der Waals surface area contributed by atoms with E-state index in [1.165, 1.54) is 23.3 Å². The smallest absolute Gasteiger partial charge is 0.263 e. The molecule has 31 heavy (non-hydrogen) atoms. The highest BCUT2D eigenvalue weighted by Crippen LogP contribution is 2.35. The second-order valence-corrected chi connectivity index (χ2v) is 10.5. The molecule has 0 radical (unpaired) electrons. The van der Waals surface area contributed by atoms with Crippen LogP contribution in [0.2, 0.25) is 0 Å². The van der Waals surface area contributed by atoms with Crippen molar-refractivity contribution in [3.63, 3.8) is 0 Å². The summed E-state index contributed by atoms with van der Waals surface area (Å²) in [5.41, 5.74) is 4.42. The van der Waals surface area contributed by atoms with Crippen LogP contribution in [0.1, 0.15) is 66.7 Å². The first kappa shape index (κ1) is 20.7. The number of hydrogen-bond acceptors (Lipinski definition) is 6. The summed E-state index contributed by atoms with van der Waals surface area (Å²) in [5, 5.41) is 1.66. The first-order valence-corrected chi connectivity index (χ1v) is 12.8. The largest absolute Gasteiger partial charge is 0.288 e. The Morgan fingerprint density at radius 1 is 1.19 bits per heavy atom. The Balaban J connectivity index is 1.56. The molecule has 5 rings (SSSR count). The molecule has 1 aliphatic rings. The SMILES string of the molecule is CC[C@H](C)n1c(SCc2cn3c(C)cc(C)nc3n2)nc2sc3c(c2c1=O)CCCC3. The van der Waals surface area contributed by atoms with Crippen molar-refractivity contribution in [3.05, 3.63) is 50.1 Å². The van der Waals surface area contributed by atoms with Crippen LogP contribution >= 0.6 is 23.1 Å². The predicted molar refractivity (Wildman–Crippen MR) is 128 cm³/mol. The molecule has 0 aromatic carbocycles. The van der Waals surface area contributed by atoms with Crippen molar-refractivity contribution in [2.75, 3.05) is 0 Å². The molecule has 6 nitrogen and oxygen atoms in total. The van der Waals surface area contributed by atoms with E-state index >= 15 is 0 Å². The minimum atomic E-state index is 0.110. The lowest BCUT2D eigenvalue weighted by molar-refractivity contribution is 0.468. The van der Waals surface area contributed by atoms with E-state index in [4.69, 9.17) is 9.97 Å². The van der Waals surface area contributed by atoms with E-state index in [0.29, 0.717) is 5.75 Å². The fourth-order valence-corrected chi connectivity index (χ4v) is 6.68. The third-order valence-electron chi connectivity index (χ3n) is 6.18. The highest BCUT2D eigenvalue weighted by atomic mass is 32.2. The van der Waals surface area contributed by atoms with Gasteiger partial charge >= 0.3 is 0 Å². The molecular formula is C23H27N5OS2. The van der Waals surface area contributed by atoms with Crippen LogP contribution in [0, 0.1) is 13.8 Å². The van der Waals surface area contributed by atoms with Crippen LogP contribution in [0.4, 0.5) is 0 Å². The van der Waals surface area contributed by atoms with Gasteiger partial charge in [-0.15, -0.1) is 11.3 Å². The lowest BCUT2D eigenvalue weighted by atomic mass is 9.97. The second kappa shape index (κ2) is 8.06. The van der Waals surface area contributed by atoms with Gasteiger partial charge in [0.1, 0.15) is 4.83 Å². The van der Waals surface area contributed by atoms with Crippen molar-refractivity contribution >= 4 is 39.1 Å². The minimum absolute atomic E-state index is 0.110. The van der Waals surface area contributed by atoms with Gasteiger partial charge in [-0.05, 0) is 64.5 Å². The molecule has 0 saturated carbocycles. The number of imidazole rings is 1. The molecule has 4 heterocycles. The van der Waals surface area contributed by atoms with E-state index in [0.717, 1.165) is 57.5 Å². The molecule has 1 atom stereocenters. The van der Waals surface area contributed by atoms with Gasteiger partial charge in [0.05, 0.1) is 11.1 Å². The normalized spacial score (nSPS) is 15.0. The number of thiophene rings is 1. The van der Waals surface area contributed by atoms with Crippen molar-refractivity contribution in [2.45, 2.75) is 76.8 Å². The Morgan fingerprint density at radius 2 is 2.00 bits per heavy atom. The second-order valence-electron chi connectivity index (χ2n) is 8.45. The molecule has 8 heteroatoms. The highest BCUT2D eigenvalue weighted by Gasteiger charge is 2.24. The molecular weight excluding hydrogens is 426 g/mol. The molecule has 0 aliphatic heterocycles. The van der Waals surface area contributed by atoms with Crippen molar-refractivity contribution in [2.24, 2.45) is 0 Å². The lowest BCUT2D eigenvalue weighted by Crippen LogP contribution is -2.26. The predicted octanol–water partition coefficient (Wildman–Crippen LogP) is 5.26.